The summed E-state index contributed by atoms with van der Waals surface area (Å²) in [5.41, 5.74) is 1.10. The Balaban J connectivity index is 1.95. The van der Waals surface area contributed by atoms with Crippen LogP contribution in [0.15, 0.2) is 42.5 Å². The molecule has 1 aliphatic rings. The molecule has 0 aliphatic carbocycles. The summed E-state index contributed by atoms with van der Waals surface area (Å²) >= 11 is 0. The minimum atomic E-state index is -0.497. The number of carbonyl (C=O) groups excluding carboxylic acids is 1. The van der Waals surface area contributed by atoms with Gasteiger partial charge in [0.05, 0.1) is 25.2 Å². The van der Waals surface area contributed by atoms with Gasteiger partial charge in [0.1, 0.15) is 11.5 Å². The third-order valence-electron chi connectivity index (χ3n) is 4.61. The molecule has 0 aromatic heterocycles. The van der Waals surface area contributed by atoms with Crippen LogP contribution in [0.5, 0.6) is 11.5 Å². The van der Waals surface area contributed by atoms with Gasteiger partial charge < -0.3 is 14.4 Å². The number of non-ortho nitro benzene ring substituents is 1. The van der Waals surface area contributed by atoms with Gasteiger partial charge in [0.2, 0.25) is 0 Å². The number of methoxy groups -OCH3 is 2. The number of rotatable bonds is 5. The van der Waals surface area contributed by atoms with Gasteiger partial charge in [0.15, 0.2) is 0 Å². The molecule has 1 fully saturated rings. The van der Waals surface area contributed by atoms with E-state index in [-0.39, 0.29) is 17.6 Å². The highest BCUT2D eigenvalue weighted by Gasteiger charge is 2.33. The highest BCUT2D eigenvalue weighted by Crippen LogP contribution is 2.39. The van der Waals surface area contributed by atoms with Crippen molar-refractivity contribution in [2.45, 2.75) is 18.9 Å². The van der Waals surface area contributed by atoms with Crippen LogP contribution in [-0.2, 0) is 0 Å². The predicted octanol–water partition coefficient (Wildman–Crippen LogP) is 3.59. The van der Waals surface area contributed by atoms with E-state index in [4.69, 9.17) is 9.47 Å². The maximum absolute atomic E-state index is 13.0. The minimum absolute atomic E-state index is 0.0921. The van der Waals surface area contributed by atoms with Crippen LogP contribution in [0, 0.1) is 10.1 Å². The van der Waals surface area contributed by atoms with Crippen molar-refractivity contribution in [1.29, 1.82) is 0 Å². The van der Waals surface area contributed by atoms with E-state index < -0.39 is 4.92 Å². The van der Waals surface area contributed by atoms with Gasteiger partial charge in [0, 0.05) is 29.8 Å². The third kappa shape index (κ3) is 3.33. The monoisotopic (exact) mass is 356 g/mol. The van der Waals surface area contributed by atoms with Crippen molar-refractivity contribution in [1.82, 2.24) is 4.90 Å². The molecule has 0 bridgehead atoms. The molecule has 0 N–H and O–H groups in total. The quantitative estimate of drug-likeness (QED) is 0.604. The molecule has 0 saturated carbocycles. The van der Waals surface area contributed by atoms with Gasteiger partial charge in [-0.1, -0.05) is 6.07 Å². The van der Waals surface area contributed by atoms with Crippen LogP contribution in [0.4, 0.5) is 5.69 Å². The van der Waals surface area contributed by atoms with E-state index in [1.54, 1.807) is 25.2 Å². The lowest BCUT2D eigenvalue weighted by atomic mass is 10.0. The Bertz CT molecular complexity index is 836. The number of hydrogen-bond donors (Lipinski definition) is 0. The lowest BCUT2D eigenvalue weighted by molar-refractivity contribution is -0.384. The second-order valence-electron chi connectivity index (χ2n) is 6.07. The van der Waals surface area contributed by atoms with E-state index >= 15 is 0 Å². The number of nitro groups is 1. The summed E-state index contributed by atoms with van der Waals surface area (Å²) in [6.07, 6.45) is 1.65. The second-order valence-corrected chi connectivity index (χ2v) is 6.07. The van der Waals surface area contributed by atoms with Crippen molar-refractivity contribution in [2.24, 2.45) is 0 Å². The fraction of sp³-hybridized carbons (Fsp3) is 0.316. The molecule has 0 spiro atoms. The SMILES string of the molecule is COc1ccc(OC)c([C@@H]2CCCN2C(=O)c2cccc([N+](=O)[O-])c2)c1. The summed E-state index contributed by atoms with van der Waals surface area (Å²) in [6.45, 7) is 0.590. The average molecular weight is 356 g/mol. The zero-order chi connectivity index (χ0) is 18.7. The number of likely N-dealkylation sites (tertiary alicyclic amines) is 1. The highest BCUT2D eigenvalue weighted by molar-refractivity contribution is 5.95. The van der Waals surface area contributed by atoms with Crippen LogP contribution in [0.25, 0.3) is 0 Å². The number of hydrogen-bond acceptors (Lipinski definition) is 5. The van der Waals surface area contributed by atoms with Crippen LogP contribution in [-0.4, -0.2) is 36.5 Å². The lowest BCUT2D eigenvalue weighted by Crippen LogP contribution is -2.30. The van der Waals surface area contributed by atoms with Crippen molar-refractivity contribution in [3.63, 3.8) is 0 Å². The number of amides is 1. The fourth-order valence-corrected chi connectivity index (χ4v) is 3.35. The van der Waals surface area contributed by atoms with E-state index in [1.807, 2.05) is 18.2 Å². The van der Waals surface area contributed by atoms with Crippen LogP contribution < -0.4 is 9.47 Å². The Morgan fingerprint density at radius 3 is 2.69 bits per heavy atom. The van der Waals surface area contributed by atoms with Gasteiger partial charge in [-0.05, 0) is 37.1 Å². The van der Waals surface area contributed by atoms with Gasteiger partial charge in [-0.2, -0.15) is 0 Å². The Morgan fingerprint density at radius 2 is 2.00 bits per heavy atom. The number of nitrogens with zero attached hydrogens (tertiary/aromatic N) is 2. The molecule has 3 rings (SSSR count). The van der Waals surface area contributed by atoms with Crippen molar-refractivity contribution in [3.8, 4) is 11.5 Å². The molecule has 7 heteroatoms. The molecule has 1 atom stereocenters. The molecule has 1 amide bonds. The summed E-state index contributed by atoms with van der Waals surface area (Å²) in [5.74, 6) is 1.16. The molecule has 1 saturated heterocycles. The molecule has 1 heterocycles. The van der Waals surface area contributed by atoms with E-state index in [1.165, 1.54) is 18.2 Å². The Labute approximate surface area is 151 Å². The molecule has 2 aromatic rings. The maximum atomic E-state index is 13.0. The first-order chi connectivity index (χ1) is 12.5. The number of nitro benzene ring substituents is 1. The van der Waals surface area contributed by atoms with Gasteiger partial charge in [0.25, 0.3) is 11.6 Å². The van der Waals surface area contributed by atoms with E-state index in [2.05, 4.69) is 0 Å². The topological polar surface area (TPSA) is 81.9 Å². The summed E-state index contributed by atoms with van der Waals surface area (Å²) in [4.78, 5) is 25.2. The molecule has 7 nitrogen and oxygen atoms in total. The molecule has 26 heavy (non-hydrogen) atoms. The van der Waals surface area contributed by atoms with E-state index in [9.17, 15) is 14.9 Å². The van der Waals surface area contributed by atoms with Crippen molar-refractivity contribution in [2.75, 3.05) is 20.8 Å². The summed E-state index contributed by atoms with van der Waals surface area (Å²) in [5, 5.41) is 11.0. The summed E-state index contributed by atoms with van der Waals surface area (Å²) < 4.78 is 10.8. The fourth-order valence-electron chi connectivity index (χ4n) is 3.35. The van der Waals surface area contributed by atoms with Gasteiger partial charge >= 0.3 is 0 Å². The largest absolute Gasteiger partial charge is 0.497 e. The molecular formula is C19H20N2O5. The maximum Gasteiger partial charge on any atom is 0.270 e. The first-order valence-corrected chi connectivity index (χ1v) is 8.32. The zero-order valence-corrected chi connectivity index (χ0v) is 14.7. The molecule has 1 aliphatic heterocycles. The summed E-state index contributed by atoms with van der Waals surface area (Å²) in [6, 6.07) is 11.2. The Kier molecular flexibility index (Phi) is 5.06. The van der Waals surface area contributed by atoms with E-state index in [0.717, 1.165) is 18.4 Å². The minimum Gasteiger partial charge on any atom is -0.497 e. The third-order valence-corrected chi connectivity index (χ3v) is 4.61. The lowest BCUT2D eigenvalue weighted by Gasteiger charge is -2.26. The normalized spacial score (nSPS) is 16.4. The smallest absolute Gasteiger partial charge is 0.270 e. The number of ether oxygens (including phenoxy) is 2. The standard InChI is InChI=1S/C19H20N2O5/c1-25-15-8-9-18(26-2)16(12-15)17-7-4-10-20(17)19(22)13-5-3-6-14(11-13)21(23)24/h3,5-6,8-9,11-12,17H,4,7,10H2,1-2H3/t17-/m0/s1. The average Bonchev–Trinajstić information content (AvgIpc) is 3.16. The first kappa shape index (κ1) is 17.7. The number of benzene rings is 2. The van der Waals surface area contributed by atoms with Gasteiger partial charge in [-0.15, -0.1) is 0 Å². The van der Waals surface area contributed by atoms with Crippen molar-refractivity contribution < 1.29 is 19.2 Å². The second kappa shape index (κ2) is 7.43. The molecule has 0 unspecified atom stereocenters. The molecular weight excluding hydrogens is 336 g/mol. The molecule has 136 valence electrons. The van der Waals surface area contributed by atoms with Crippen molar-refractivity contribution in [3.05, 3.63) is 63.7 Å². The number of carbonyl (C=O) groups is 1. The molecule has 2 aromatic carbocycles. The van der Waals surface area contributed by atoms with Gasteiger partial charge in [-0.3, -0.25) is 14.9 Å². The molecule has 0 radical (unpaired) electrons. The predicted molar refractivity (Wildman–Crippen MR) is 95.7 cm³/mol. The van der Waals surface area contributed by atoms with Crippen LogP contribution in [0.3, 0.4) is 0 Å². The Morgan fingerprint density at radius 1 is 1.19 bits per heavy atom. The van der Waals surface area contributed by atoms with Crippen LogP contribution in [0.2, 0.25) is 0 Å². The Hall–Kier alpha value is -3.09. The van der Waals surface area contributed by atoms with Gasteiger partial charge in [-0.25, -0.2) is 0 Å². The van der Waals surface area contributed by atoms with E-state index in [0.29, 0.717) is 23.6 Å². The first-order valence-electron chi connectivity index (χ1n) is 8.32. The zero-order valence-electron chi connectivity index (χ0n) is 14.7. The summed E-state index contributed by atoms with van der Waals surface area (Å²) in [7, 11) is 3.18. The van der Waals surface area contributed by atoms with Crippen molar-refractivity contribution >= 4 is 11.6 Å². The highest BCUT2D eigenvalue weighted by atomic mass is 16.6. The van der Waals surface area contributed by atoms with Crippen LogP contribution in [0.1, 0.15) is 34.8 Å². The van der Waals surface area contributed by atoms with Crippen LogP contribution >= 0.6 is 0 Å².